The number of benzene rings is 1. The minimum Gasteiger partial charge on any atom is -0.497 e. The second-order valence-electron chi connectivity index (χ2n) is 10.8. The van der Waals surface area contributed by atoms with Crippen LogP contribution in [-0.4, -0.2) is 41.7 Å². The molecule has 0 radical (unpaired) electrons. The predicted molar refractivity (Wildman–Crippen MR) is 114 cm³/mol. The first-order valence-corrected chi connectivity index (χ1v) is 11.8. The second-order valence-corrected chi connectivity index (χ2v) is 10.8. The number of aromatic amines is 1. The zero-order valence-electron chi connectivity index (χ0n) is 17.7. The molecule has 3 heterocycles. The van der Waals surface area contributed by atoms with Crippen LogP contribution in [0.15, 0.2) is 18.2 Å². The summed E-state index contributed by atoms with van der Waals surface area (Å²) in [5, 5.41) is 1.21. The maximum absolute atomic E-state index is 13.7. The van der Waals surface area contributed by atoms with Gasteiger partial charge in [0.15, 0.2) is 0 Å². The summed E-state index contributed by atoms with van der Waals surface area (Å²) in [5.74, 6) is 3.69. The number of rotatable bonds is 3. The number of ether oxygens (including phenoxy) is 2. The van der Waals surface area contributed by atoms with Gasteiger partial charge in [-0.3, -0.25) is 4.90 Å². The molecule has 30 heavy (non-hydrogen) atoms. The number of esters is 1. The molecule has 3 atom stereocenters. The van der Waals surface area contributed by atoms with E-state index in [1.54, 1.807) is 7.11 Å². The van der Waals surface area contributed by atoms with Gasteiger partial charge in [0.25, 0.3) is 0 Å². The van der Waals surface area contributed by atoms with Gasteiger partial charge < -0.3 is 14.5 Å². The number of nitrogens with zero attached hydrogens (tertiary/aromatic N) is 1. The molecule has 4 aliphatic carbocycles. The van der Waals surface area contributed by atoms with Crippen LogP contribution in [0.2, 0.25) is 0 Å². The number of aromatic nitrogens is 1. The molecule has 1 aromatic heterocycles. The van der Waals surface area contributed by atoms with Crippen molar-refractivity contribution in [3.63, 3.8) is 0 Å². The van der Waals surface area contributed by atoms with E-state index in [0.717, 1.165) is 73.5 Å². The highest BCUT2D eigenvalue weighted by Crippen LogP contribution is 2.58. The van der Waals surface area contributed by atoms with Gasteiger partial charge >= 0.3 is 5.97 Å². The van der Waals surface area contributed by atoms with E-state index >= 15 is 0 Å². The third-order valence-electron chi connectivity index (χ3n) is 8.87. The topological polar surface area (TPSA) is 54.6 Å². The van der Waals surface area contributed by atoms with Crippen LogP contribution in [0.1, 0.15) is 68.2 Å². The van der Waals surface area contributed by atoms with Crippen molar-refractivity contribution in [2.75, 3.05) is 20.2 Å². The largest absolute Gasteiger partial charge is 0.497 e. The average Bonchev–Trinajstić information content (AvgIpc) is 3.28. The SMILES string of the molecule is COc1ccc2[nH]c3c(c2c1)C1CCN(C1)C3C(=O)OC12CC3CC(CC(C3)C1)C2. The van der Waals surface area contributed by atoms with E-state index in [2.05, 4.69) is 22.0 Å². The minimum atomic E-state index is -0.287. The van der Waals surface area contributed by atoms with Crippen molar-refractivity contribution in [3.8, 4) is 5.75 Å². The van der Waals surface area contributed by atoms with Crippen molar-refractivity contribution in [3.05, 3.63) is 29.5 Å². The molecular formula is C25H30N2O3. The quantitative estimate of drug-likeness (QED) is 0.761. The predicted octanol–water partition coefficient (Wildman–Crippen LogP) is 4.53. The van der Waals surface area contributed by atoms with E-state index in [-0.39, 0.29) is 17.6 Å². The average molecular weight is 407 g/mol. The Morgan fingerprint density at radius 1 is 1.13 bits per heavy atom. The van der Waals surface area contributed by atoms with Gasteiger partial charge in [0.2, 0.25) is 0 Å². The fraction of sp³-hybridized carbons (Fsp3) is 0.640. The summed E-state index contributed by atoms with van der Waals surface area (Å²) in [4.78, 5) is 19.7. The van der Waals surface area contributed by atoms with Crippen molar-refractivity contribution >= 4 is 16.9 Å². The van der Waals surface area contributed by atoms with Gasteiger partial charge in [0.05, 0.1) is 7.11 Å². The van der Waals surface area contributed by atoms with Gasteiger partial charge in [-0.25, -0.2) is 4.79 Å². The summed E-state index contributed by atoms with van der Waals surface area (Å²) in [5.41, 5.74) is 3.31. The maximum atomic E-state index is 13.7. The molecule has 6 bridgehead atoms. The summed E-state index contributed by atoms with van der Waals surface area (Å²) < 4.78 is 12.0. The molecule has 6 aliphatic rings. The van der Waals surface area contributed by atoms with Crippen LogP contribution in [0.3, 0.4) is 0 Å². The van der Waals surface area contributed by atoms with E-state index in [9.17, 15) is 4.79 Å². The Kier molecular flexibility index (Phi) is 3.55. The van der Waals surface area contributed by atoms with E-state index in [0.29, 0.717) is 5.92 Å². The highest BCUT2D eigenvalue weighted by atomic mass is 16.6. The lowest BCUT2D eigenvalue weighted by atomic mass is 9.54. The molecule has 1 aromatic carbocycles. The summed E-state index contributed by atoms with van der Waals surface area (Å²) in [6.07, 6.45) is 8.48. The van der Waals surface area contributed by atoms with Crippen LogP contribution in [-0.2, 0) is 9.53 Å². The molecule has 8 rings (SSSR count). The monoisotopic (exact) mass is 406 g/mol. The first-order valence-electron chi connectivity index (χ1n) is 11.8. The highest BCUT2D eigenvalue weighted by molar-refractivity contribution is 5.90. The zero-order valence-corrected chi connectivity index (χ0v) is 17.7. The Bertz CT molecular complexity index is 1010. The molecular weight excluding hydrogens is 376 g/mol. The van der Waals surface area contributed by atoms with Crippen LogP contribution in [0, 0.1) is 17.8 Å². The van der Waals surface area contributed by atoms with Crippen molar-refractivity contribution in [1.29, 1.82) is 0 Å². The summed E-state index contributed by atoms with van der Waals surface area (Å²) in [6, 6.07) is 5.91. The van der Waals surface area contributed by atoms with Gasteiger partial charge in [-0.05, 0) is 93.0 Å². The van der Waals surface area contributed by atoms with Crippen LogP contribution in [0.25, 0.3) is 10.9 Å². The number of H-pyrrole nitrogens is 1. The number of carbonyl (C=O) groups is 1. The summed E-state index contributed by atoms with van der Waals surface area (Å²) in [6.45, 7) is 1.93. The molecule has 158 valence electrons. The zero-order chi connectivity index (χ0) is 20.0. The fourth-order valence-electron chi connectivity index (χ4n) is 8.13. The molecule has 4 saturated carbocycles. The van der Waals surface area contributed by atoms with E-state index in [4.69, 9.17) is 9.47 Å². The normalized spacial score (nSPS) is 40.6. The number of hydrogen-bond acceptors (Lipinski definition) is 4. The lowest BCUT2D eigenvalue weighted by Crippen LogP contribution is -2.54. The van der Waals surface area contributed by atoms with E-state index in [1.165, 1.54) is 30.2 Å². The number of methoxy groups -OCH3 is 1. The standard InChI is InChI=1S/C25H30N2O3/c1-29-18-2-3-20-19(9-18)21-17-4-5-27(13-17)23(22(21)26-20)24(28)30-25-10-14-6-15(11-25)8-16(7-14)12-25/h2-3,9,14-17,23,26H,4-8,10-13H2,1H3. The molecule has 0 amide bonds. The molecule has 0 spiro atoms. The van der Waals surface area contributed by atoms with Crippen LogP contribution in [0.5, 0.6) is 5.75 Å². The van der Waals surface area contributed by atoms with Gasteiger partial charge in [0.1, 0.15) is 17.4 Å². The Balaban J connectivity index is 1.26. The Morgan fingerprint density at radius 3 is 2.57 bits per heavy atom. The van der Waals surface area contributed by atoms with Gasteiger partial charge in [0, 0.05) is 29.1 Å². The van der Waals surface area contributed by atoms with Crippen molar-refractivity contribution < 1.29 is 14.3 Å². The molecule has 5 nitrogen and oxygen atoms in total. The van der Waals surface area contributed by atoms with Crippen molar-refractivity contribution in [2.45, 2.75) is 62.5 Å². The van der Waals surface area contributed by atoms with Gasteiger partial charge in [-0.15, -0.1) is 0 Å². The van der Waals surface area contributed by atoms with Crippen molar-refractivity contribution in [1.82, 2.24) is 9.88 Å². The number of nitrogens with one attached hydrogen (secondary N) is 1. The lowest BCUT2D eigenvalue weighted by Gasteiger charge is -2.56. The summed E-state index contributed by atoms with van der Waals surface area (Å²) in [7, 11) is 1.71. The first kappa shape index (κ1) is 17.6. The highest BCUT2D eigenvalue weighted by Gasteiger charge is 2.54. The molecule has 2 aliphatic heterocycles. The number of fused-ring (bicyclic) bond motifs is 6. The minimum absolute atomic E-state index is 0.0166. The second kappa shape index (κ2) is 6.03. The fourth-order valence-corrected chi connectivity index (χ4v) is 8.13. The van der Waals surface area contributed by atoms with Gasteiger partial charge in [-0.2, -0.15) is 0 Å². The van der Waals surface area contributed by atoms with E-state index < -0.39 is 0 Å². The lowest BCUT2D eigenvalue weighted by molar-refractivity contribution is -0.192. The van der Waals surface area contributed by atoms with Crippen molar-refractivity contribution in [2.24, 2.45) is 17.8 Å². The number of hydrogen-bond donors (Lipinski definition) is 1. The Labute approximate surface area is 177 Å². The summed E-state index contributed by atoms with van der Waals surface area (Å²) >= 11 is 0. The Hall–Kier alpha value is -2.01. The first-order chi connectivity index (χ1) is 14.6. The molecule has 1 saturated heterocycles. The van der Waals surface area contributed by atoms with E-state index in [1.807, 2.05) is 6.07 Å². The molecule has 1 N–H and O–H groups in total. The third-order valence-corrected chi connectivity index (χ3v) is 8.87. The molecule has 5 heteroatoms. The van der Waals surface area contributed by atoms with Crippen LogP contribution < -0.4 is 4.74 Å². The van der Waals surface area contributed by atoms with Crippen LogP contribution in [0.4, 0.5) is 0 Å². The maximum Gasteiger partial charge on any atom is 0.330 e. The van der Waals surface area contributed by atoms with Crippen LogP contribution >= 0.6 is 0 Å². The molecule has 5 fully saturated rings. The third kappa shape index (κ3) is 2.41. The van der Waals surface area contributed by atoms with Gasteiger partial charge in [-0.1, -0.05) is 0 Å². The molecule has 3 unspecified atom stereocenters. The number of carbonyl (C=O) groups excluding carboxylic acids is 1. The Morgan fingerprint density at radius 2 is 1.87 bits per heavy atom. The molecule has 2 aromatic rings. The smallest absolute Gasteiger partial charge is 0.330 e.